The lowest BCUT2D eigenvalue weighted by Gasteiger charge is -2.14. The van der Waals surface area contributed by atoms with E-state index in [4.69, 9.17) is 15.9 Å². The number of carbonyl (C=O) groups is 2. The molecule has 1 fully saturated rings. The molecule has 2 amide bonds. The van der Waals surface area contributed by atoms with Crippen molar-refractivity contribution < 1.29 is 19.1 Å². The second-order valence-electron chi connectivity index (χ2n) is 4.94. The largest absolute Gasteiger partial charge is 0.493 e. The molecule has 2 rings (SSSR count). The number of ether oxygens (including phenoxy) is 2. The lowest BCUT2D eigenvalue weighted by molar-refractivity contribution is -0.121. The van der Waals surface area contributed by atoms with Crippen LogP contribution in [0, 0.1) is 12.3 Å². The van der Waals surface area contributed by atoms with Crippen LogP contribution in [0.15, 0.2) is 29.7 Å². The minimum absolute atomic E-state index is 0.120. The molecule has 5 nitrogen and oxygen atoms in total. The molecule has 0 bridgehead atoms. The van der Waals surface area contributed by atoms with Crippen molar-refractivity contribution in [2.45, 2.75) is 6.42 Å². The van der Waals surface area contributed by atoms with Crippen molar-refractivity contribution in [3.05, 3.63) is 40.8 Å². The maximum Gasteiger partial charge on any atom is 0.293 e. The molecule has 1 aromatic rings. The van der Waals surface area contributed by atoms with Gasteiger partial charge in [-0.25, -0.2) is 0 Å². The van der Waals surface area contributed by atoms with E-state index in [-0.39, 0.29) is 17.8 Å². The Kier molecular flexibility index (Phi) is 5.72. The van der Waals surface area contributed by atoms with Crippen molar-refractivity contribution in [2.75, 3.05) is 20.8 Å². The number of thioether (sulfide) groups is 1. The molecule has 1 heterocycles. The van der Waals surface area contributed by atoms with Crippen LogP contribution in [0.3, 0.4) is 0 Å². The molecular formula is C18H17NO4S. The van der Waals surface area contributed by atoms with Gasteiger partial charge in [-0.1, -0.05) is 12.0 Å². The summed E-state index contributed by atoms with van der Waals surface area (Å²) in [5.41, 5.74) is 1.57. The first-order valence-electron chi connectivity index (χ1n) is 7.11. The molecule has 0 atom stereocenters. The van der Waals surface area contributed by atoms with E-state index in [0.717, 1.165) is 27.8 Å². The first-order valence-corrected chi connectivity index (χ1v) is 7.93. The topological polar surface area (TPSA) is 55.8 Å². The molecule has 0 aromatic heterocycles. The van der Waals surface area contributed by atoms with Crippen LogP contribution in [-0.4, -0.2) is 36.8 Å². The van der Waals surface area contributed by atoms with Gasteiger partial charge >= 0.3 is 0 Å². The van der Waals surface area contributed by atoms with Crippen LogP contribution in [-0.2, 0) is 11.2 Å². The van der Waals surface area contributed by atoms with Crippen LogP contribution in [0.25, 0.3) is 6.08 Å². The zero-order chi connectivity index (χ0) is 17.7. The van der Waals surface area contributed by atoms with Gasteiger partial charge in [0.15, 0.2) is 11.5 Å². The Bertz CT molecular complexity index is 761. The van der Waals surface area contributed by atoms with E-state index in [1.165, 1.54) is 14.2 Å². The van der Waals surface area contributed by atoms with E-state index in [1.54, 1.807) is 18.2 Å². The summed E-state index contributed by atoms with van der Waals surface area (Å²) < 4.78 is 11.0. The minimum atomic E-state index is -0.318. The molecule has 1 aliphatic heterocycles. The molecule has 1 aliphatic rings. The third kappa shape index (κ3) is 3.63. The fourth-order valence-electron chi connectivity index (χ4n) is 2.20. The van der Waals surface area contributed by atoms with Gasteiger partial charge in [0.05, 0.1) is 12.0 Å². The summed E-state index contributed by atoms with van der Waals surface area (Å²) in [5, 5.41) is -0.293. The second kappa shape index (κ2) is 7.75. The van der Waals surface area contributed by atoms with Crippen molar-refractivity contribution in [1.29, 1.82) is 0 Å². The molecule has 24 heavy (non-hydrogen) atoms. The first kappa shape index (κ1) is 17.7. The fourth-order valence-corrected chi connectivity index (χ4v) is 3.03. The zero-order valence-corrected chi connectivity index (χ0v) is 14.3. The standard InChI is InChI=1S/C18H17NO4S/c1-5-7-13-9-12(10-14(22-4)16(13)23-8-6-2)11-15-17(20)19(3)18(21)24-15/h2,5,9-11H,1,7-8H2,3-4H3/b15-11-. The van der Waals surface area contributed by atoms with E-state index >= 15 is 0 Å². The Labute approximate surface area is 145 Å². The van der Waals surface area contributed by atoms with Gasteiger partial charge in [-0.15, -0.1) is 13.0 Å². The van der Waals surface area contributed by atoms with Crippen LogP contribution in [0.2, 0.25) is 0 Å². The molecule has 0 unspecified atom stereocenters. The number of amides is 2. The van der Waals surface area contributed by atoms with E-state index in [2.05, 4.69) is 12.5 Å². The van der Waals surface area contributed by atoms with E-state index in [1.807, 2.05) is 6.07 Å². The number of likely N-dealkylation sites (N-methyl/N-ethyl adjacent to an activating group) is 1. The van der Waals surface area contributed by atoms with Gasteiger partial charge in [0.1, 0.15) is 6.61 Å². The summed E-state index contributed by atoms with van der Waals surface area (Å²) in [6.07, 6.45) is 9.20. The summed E-state index contributed by atoms with van der Waals surface area (Å²) in [7, 11) is 2.98. The molecular weight excluding hydrogens is 326 g/mol. The highest BCUT2D eigenvalue weighted by Crippen LogP contribution is 2.36. The van der Waals surface area contributed by atoms with Gasteiger partial charge in [0.2, 0.25) is 0 Å². The summed E-state index contributed by atoms with van der Waals surface area (Å²) in [6, 6.07) is 3.60. The van der Waals surface area contributed by atoms with Crippen LogP contribution < -0.4 is 9.47 Å². The molecule has 0 aliphatic carbocycles. The SMILES string of the molecule is C#CCOc1c(CC=C)cc(/C=C2\SC(=O)N(C)C2=O)cc1OC. The van der Waals surface area contributed by atoms with E-state index < -0.39 is 0 Å². The van der Waals surface area contributed by atoms with Gasteiger partial charge in [-0.3, -0.25) is 14.5 Å². The van der Waals surface area contributed by atoms with Crippen molar-refractivity contribution in [2.24, 2.45) is 0 Å². The highest BCUT2D eigenvalue weighted by atomic mass is 32.2. The molecule has 0 saturated carbocycles. The molecule has 1 saturated heterocycles. The van der Waals surface area contributed by atoms with Gasteiger partial charge in [-0.05, 0) is 42.0 Å². The number of carbonyl (C=O) groups excluding carboxylic acids is 2. The molecule has 0 radical (unpaired) electrons. The van der Waals surface area contributed by atoms with E-state index in [0.29, 0.717) is 22.8 Å². The molecule has 0 N–H and O–H groups in total. The summed E-state index contributed by atoms with van der Waals surface area (Å²) >= 11 is 0.907. The first-order chi connectivity index (χ1) is 11.5. The number of benzene rings is 1. The van der Waals surface area contributed by atoms with Crippen molar-refractivity contribution in [3.63, 3.8) is 0 Å². The summed E-state index contributed by atoms with van der Waals surface area (Å²) in [5.74, 6) is 3.16. The minimum Gasteiger partial charge on any atom is -0.493 e. The van der Waals surface area contributed by atoms with Crippen LogP contribution >= 0.6 is 11.8 Å². The Morgan fingerprint density at radius 3 is 2.71 bits per heavy atom. The van der Waals surface area contributed by atoms with Crippen molar-refractivity contribution >= 4 is 29.0 Å². The fraction of sp³-hybridized carbons (Fsp3) is 0.222. The molecule has 124 valence electrons. The average Bonchev–Trinajstić information content (AvgIpc) is 2.80. The average molecular weight is 343 g/mol. The Hall–Kier alpha value is -2.65. The quantitative estimate of drug-likeness (QED) is 0.451. The highest BCUT2D eigenvalue weighted by molar-refractivity contribution is 8.18. The summed E-state index contributed by atoms with van der Waals surface area (Å²) in [4.78, 5) is 25.1. The predicted octanol–water partition coefficient (Wildman–Crippen LogP) is 3.10. The van der Waals surface area contributed by atoms with Crippen LogP contribution in [0.5, 0.6) is 11.5 Å². The number of nitrogens with zero attached hydrogens (tertiary/aromatic N) is 1. The van der Waals surface area contributed by atoms with Crippen LogP contribution in [0.1, 0.15) is 11.1 Å². The predicted molar refractivity (Wildman–Crippen MR) is 95.0 cm³/mol. The number of hydrogen-bond donors (Lipinski definition) is 0. The van der Waals surface area contributed by atoms with Crippen LogP contribution in [0.4, 0.5) is 4.79 Å². The number of rotatable bonds is 6. The molecule has 1 aromatic carbocycles. The number of hydrogen-bond acceptors (Lipinski definition) is 5. The number of methoxy groups -OCH3 is 1. The lowest BCUT2D eigenvalue weighted by Crippen LogP contribution is -2.22. The zero-order valence-electron chi connectivity index (χ0n) is 13.5. The highest BCUT2D eigenvalue weighted by Gasteiger charge is 2.31. The third-order valence-corrected chi connectivity index (χ3v) is 4.28. The maximum atomic E-state index is 12.0. The maximum absolute atomic E-state index is 12.0. The molecule has 6 heteroatoms. The normalized spacial score (nSPS) is 15.5. The number of imide groups is 1. The van der Waals surface area contributed by atoms with Crippen molar-refractivity contribution in [1.82, 2.24) is 4.90 Å². The Morgan fingerprint density at radius 2 is 2.17 bits per heavy atom. The second-order valence-corrected chi connectivity index (χ2v) is 5.93. The Balaban J connectivity index is 2.47. The smallest absolute Gasteiger partial charge is 0.293 e. The third-order valence-electron chi connectivity index (χ3n) is 3.32. The van der Waals surface area contributed by atoms with Crippen molar-refractivity contribution in [3.8, 4) is 23.8 Å². The summed E-state index contributed by atoms with van der Waals surface area (Å²) in [6.45, 7) is 3.86. The van der Waals surface area contributed by atoms with Gasteiger partial charge < -0.3 is 9.47 Å². The van der Waals surface area contributed by atoms with E-state index in [9.17, 15) is 9.59 Å². The van der Waals surface area contributed by atoms with Gasteiger partial charge in [0, 0.05) is 12.6 Å². The van der Waals surface area contributed by atoms with Gasteiger partial charge in [0.25, 0.3) is 11.1 Å². The monoisotopic (exact) mass is 343 g/mol. The number of allylic oxidation sites excluding steroid dienone is 1. The lowest BCUT2D eigenvalue weighted by atomic mass is 10.0. The number of terminal acetylenes is 1. The Morgan fingerprint density at radius 1 is 1.42 bits per heavy atom. The van der Waals surface area contributed by atoms with Gasteiger partial charge in [-0.2, -0.15) is 0 Å². The molecule has 0 spiro atoms.